The summed E-state index contributed by atoms with van der Waals surface area (Å²) in [4.78, 5) is 0.818. The Morgan fingerprint density at radius 1 is 1.67 bits per heavy atom. The smallest absolute Gasteiger partial charge is 0.107 e. The fourth-order valence-corrected chi connectivity index (χ4v) is 4.10. The summed E-state index contributed by atoms with van der Waals surface area (Å²) in [6.45, 7) is 2.16. The molecule has 1 aliphatic rings. The first-order valence-corrected chi connectivity index (χ1v) is 7.65. The molecule has 0 radical (unpaired) electrons. The number of rotatable bonds is 3. The number of aliphatic hydroxyl groups excluding tert-OH is 1. The summed E-state index contributed by atoms with van der Waals surface area (Å²) in [7, 11) is 0. The van der Waals surface area contributed by atoms with Crippen LogP contribution in [-0.2, 0) is 0 Å². The summed E-state index contributed by atoms with van der Waals surface area (Å²) in [6.07, 6.45) is 4.18. The number of nitrogens with zero attached hydrogens (tertiary/aromatic N) is 1. The molecule has 4 heteroatoms. The van der Waals surface area contributed by atoms with Gasteiger partial charge in [-0.15, -0.1) is 11.3 Å². The first kappa shape index (κ1) is 13.9. The highest BCUT2D eigenvalue weighted by atomic mass is 35.5. The van der Waals surface area contributed by atoms with Gasteiger partial charge in [0.25, 0.3) is 0 Å². The lowest BCUT2D eigenvalue weighted by Crippen LogP contribution is -2.33. The molecule has 1 fully saturated rings. The Morgan fingerprint density at radius 2 is 2.44 bits per heavy atom. The third-order valence-corrected chi connectivity index (χ3v) is 5.36. The average Bonchev–Trinajstić information content (AvgIpc) is 2.84. The molecule has 2 nitrogen and oxygen atoms in total. The SMILES string of the molecule is CCC1CCCC(C#N)(C(O)c2ccc(Cl)s2)C1. The maximum atomic E-state index is 10.6. The molecule has 2 rings (SSSR count). The Kier molecular flexibility index (Phi) is 4.32. The van der Waals surface area contributed by atoms with E-state index in [0.717, 1.165) is 30.6 Å². The predicted octanol–water partition coefficient (Wildman–Crippen LogP) is 4.55. The van der Waals surface area contributed by atoms with E-state index in [-0.39, 0.29) is 0 Å². The topological polar surface area (TPSA) is 44.0 Å². The molecular formula is C14H18ClNOS. The van der Waals surface area contributed by atoms with E-state index in [4.69, 9.17) is 11.6 Å². The van der Waals surface area contributed by atoms with Gasteiger partial charge in [0.05, 0.1) is 15.8 Å². The largest absolute Gasteiger partial charge is 0.386 e. The Balaban J connectivity index is 2.24. The first-order chi connectivity index (χ1) is 8.61. The van der Waals surface area contributed by atoms with Gasteiger partial charge in [-0.25, -0.2) is 0 Å². The van der Waals surface area contributed by atoms with Gasteiger partial charge in [-0.3, -0.25) is 0 Å². The molecule has 1 aromatic rings. The van der Waals surface area contributed by atoms with Crippen LogP contribution in [0, 0.1) is 22.7 Å². The van der Waals surface area contributed by atoms with Gasteiger partial charge in [-0.2, -0.15) is 5.26 Å². The second kappa shape index (κ2) is 5.61. The van der Waals surface area contributed by atoms with Gasteiger partial charge in [0.2, 0.25) is 0 Å². The Labute approximate surface area is 117 Å². The van der Waals surface area contributed by atoms with Crippen molar-refractivity contribution in [1.82, 2.24) is 0 Å². The second-order valence-electron chi connectivity index (χ2n) is 5.18. The number of aliphatic hydroxyl groups is 1. The van der Waals surface area contributed by atoms with Gasteiger partial charge in [-0.05, 0) is 30.9 Å². The van der Waals surface area contributed by atoms with Crippen LogP contribution in [0.5, 0.6) is 0 Å². The minimum absolute atomic E-state index is 0.559. The van der Waals surface area contributed by atoms with Crippen molar-refractivity contribution in [2.45, 2.75) is 45.1 Å². The van der Waals surface area contributed by atoms with Gasteiger partial charge in [0.15, 0.2) is 0 Å². The monoisotopic (exact) mass is 283 g/mol. The van der Waals surface area contributed by atoms with Crippen LogP contribution in [0.2, 0.25) is 4.34 Å². The molecule has 0 aromatic carbocycles. The lowest BCUT2D eigenvalue weighted by molar-refractivity contribution is 0.0209. The molecule has 0 amide bonds. The molecule has 18 heavy (non-hydrogen) atoms. The number of hydrogen-bond acceptors (Lipinski definition) is 3. The Hall–Kier alpha value is -0.560. The van der Waals surface area contributed by atoms with Gasteiger partial charge in [0, 0.05) is 4.88 Å². The molecule has 0 bridgehead atoms. The number of nitriles is 1. The quantitative estimate of drug-likeness (QED) is 0.885. The van der Waals surface area contributed by atoms with E-state index < -0.39 is 11.5 Å². The van der Waals surface area contributed by atoms with Crippen LogP contribution < -0.4 is 0 Å². The minimum Gasteiger partial charge on any atom is -0.386 e. The maximum Gasteiger partial charge on any atom is 0.107 e. The van der Waals surface area contributed by atoms with Crippen LogP contribution >= 0.6 is 22.9 Å². The molecule has 0 saturated heterocycles. The fraction of sp³-hybridized carbons (Fsp3) is 0.643. The van der Waals surface area contributed by atoms with Crippen molar-refractivity contribution in [3.8, 4) is 6.07 Å². The zero-order valence-corrected chi connectivity index (χ0v) is 12.1. The normalized spacial score (nSPS) is 29.8. The Morgan fingerprint density at radius 3 is 3.00 bits per heavy atom. The van der Waals surface area contributed by atoms with E-state index >= 15 is 0 Å². The van der Waals surface area contributed by atoms with E-state index in [1.807, 2.05) is 6.07 Å². The van der Waals surface area contributed by atoms with Gasteiger partial charge in [0.1, 0.15) is 6.10 Å². The molecule has 3 atom stereocenters. The van der Waals surface area contributed by atoms with Crippen LogP contribution in [-0.4, -0.2) is 5.11 Å². The van der Waals surface area contributed by atoms with Crippen LogP contribution in [0.25, 0.3) is 0 Å². The summed E-state index contributed by atoms with van der Waals surface area (Å²) in [6, 6.07) is 6.03. The summed E-state index contributed by atoms with van der Waals surface area (Å²) < 4.78 is 0.667. The van der Waals surface area contributed by atoms with Crippen molar-refractivity contribution in [2.75, 3.05) is 0 Å². The van der Waals surface area contributed by atoms with Crippen molar-refractivity contribution in [2.24, 2.45) is 11.3 Å². The molecule has 98 valence electrons. The molecule has 0 spiro atoms. The highest BCUT2D eigenvalue weighted by Gasteiger charge is 2.43. The van der Waals surface area contributed by atoms with Crippen LogP contribution in [0.4, 0.5) is 0 Å². The third kappa shape index (κ3) is 2.56. The third-order valence-electron chi connectivity index (χ3n) is 4.08. The number of hydrogen-bond donors (Lipinski definition) is 1. The lowest BCUT2D eigenvalue weighted by Gasteiger charge is -2.38. The molecule has 1 aromatic heterocycles. The summed E-state index contributed by atoms with van der Waals surface area (Å²) in [5, 5.41) is 20.1. The van der Waals surface area contributed by atoms with Crippen molar-refractivity contribution in [3.63, 3.8) is 0 Å². The first-order valence-electron chi connectivity index (χ1n) is 6.46. The summed E-state index contributed by atoms with van der Waals surface area (Å²) >= 11 is 7.29. The zero-order chi connectivity index (χ0) is 13.2. The molecule has 3 unspecified atom stereocenters. The zero-order valence-electron chi connectivity index (χ0n) is 10.5. The highest BCUT2D eigenvalue weighted by molar-refractivity contribution is 7.16. The number of halogens is 1. The maximum absolute atomic E-state index is 10.6. The molecule has 1 aliphatic carbocycles. The fourth-order valence-electron chi connectivity index (χ4n) is 2.93. The molecular weight excluding hydrogens is 266 g/mol. The minimum atomic E-state index is -0.700. The van der Waals surface area contributed by atoms with Crippen molar-refractivity contribution in [3.05, 3.63) is 21.3 Å². The van der Waals surface area contributed by atoms with Gasteiger partial charge in [-0.1, -0.05) is 37.8 Å². The summed E-state index contributed by atoms with van der Waals surface area (Å²) in [5.74, 6) is 0.559. The average molecular weight is 284 g/mol. The van der Waals surface area contributed by atoms with Gasteiger partial charge >= 0.3 is 0 Å². The Bertz CT molecular complexity index is 453. The number of thiophene rings is 1. The molecule has 1 saturated carbocycles. The van der Waals surface area contributed by atoms with E-state index in [1.54, 1.807) is 6.07 Å². The van der Waals surface area contributed by atoms with Crippen molar-refractivity contribution < 1.29 is 5.11 Å². The molecule has 1 heterocycles. The van der Waals surface area contributed by atoms with Crippen molar-refractivity contribution >= 4 is 22.9 Å². The van der Waals surface area contributed by atoms with Gasteiger partial charge < -0.3 is 5.11 Å². The second-order valence-corrected chi connectivity index (χ2v) is 6.93. The van der Waals surface area contributed by atoms with E-state index in [2.05, 4.69) is 13.0 Å². The molecule has 1 N–H and O–H groups in total. The van der Waals surface area contributed by atoms with Crippen molar-refractivity contribution in [1.29, 1.82) is 5.26 Å². The standard InChI is InChI=1S/C14H18ClNOS/c1-2-10-4-3-7-14(8-10,9-16)13(17)11-5-6-12(15)18-11/h5-6,10,13,17H,2-4,7-8H2,1H3. The molecule has 0 aliphatic heterocycles. The highest BCUT2D eigenvalue weighted by Crippen LogP contribution is 2.49. The lowest BCUT2D eigenvalue weighted by atomic mass is 9.66. The van der Waals surface area contributed by atoms with E-state index in [9.17, 15) is 10.4 Å². The predicted molar refractivity (Wildman–Crippen MR) is 74.6 cm³/mol. The van der Waals surface area contributed by atoms with Crippen LogP contribution in [0.15, 0.2) is 12.1 Å². The van der Waals surface area contributed by atoms with E-state index in [1.165, 1.54) is 17.8 Å². The summed E-state index contributed by atoms with van der Waals surface area (Å²) in [5.41, 5.74) is -0.618. The van der Waals surface area contributed by atoms with Crippen LogP contribution in [0.3, 0.4) is 0 Å². The van der Waals surface area contributed by atoms with E-state index in [0.29, 0.717) is 10.3 Å². The van der Waals surface area contributed by atoms with Crippen LogP contribution in [0.1, 0.15) is 50.0 Å².